The van der Waals surface area contributed by atoms with Gasteiger partial charge in [0.1, 0.15) is 0 Å². The molecule has 2 aromatic carbocycles. The highest BCUT2D eigenvalue weighted by Crippen LogP contribution is 2.26. The van der Waals surface area contributed by atoms with Crippen LogP contribution in [0.5, 0.6) is 0 Å². The van der Waals surface area contributed by atoms with Crippen LogP contribution in [-0.4, -0.2) is 40.7 Å². The molecule has 2 aromatic rings. The zero-order chi connectivity index (χ0) is 22.8. The molecule has 0 aromatic heterocycles. The molecule has 0 bridgehead atoms. The van der Waals surface area contributed by atoms with E-state index in [0.717, 1.165) is 24.9 Å². The van der Waals surface area contributed by atoms with E-state index in [1.54, 1.807) is 25.1 Å². The van der Waals surface area contributed by atoms with Crippen molar-refractivity contribution in [2.24, 2.45) is 5.92 Å². The van der Waals surface area contributed by atoms with E-state index in [-0.39, 0.29) is 11.9 Å². The Labute approximate surface area is 186 Å². The Balaban J connectivity index is 1.72. The molecular weight excluding hydrogens is 410 g/mol. The number of carbonyl (C=O) groups excluding carboxylic acids is 1. The van der Waals surface area contributed by atoms with Crippen molar-refractivity contribution in [3.63, 3.8) is 0 Å². The van der Waals surface area contributed by atoms with E-state index in [0.29, 0.717) is 22.7 Å². The highest BCUT2D eigenvalue weighted by atomic mass is 32.2. The lowest BCUT2D eigenvalue weighted by Gasteiger charge is -2.33. The van der Waals surface area contributed by atoms with Crippen LogP contribution in [0.15, 0.2) is 42.5 Å². The summed E-state index contributed by atoms with van der Waals surface area (Å²) in [6, 6.07) is 13.4. The molecule has 3 rings (SSSR count). The first-order chi connectivity index (χ1) is 14.6. The summed E-state index contributed by atoms with van der Waals surface area (Å²) in [5, 5.41) is 3.04. The van der Waals surface area contributed by atoms with Crippen LogP contribution in [0.25, 0.3) is 0 Å². The van der Waals surface area contributed by atoms with Gasteiger partial charge < -0.3 is 10.2 Å². The van der Waals surface area contributed by atoms with Crippen molar-refractivity contribution in [1.29, 1.82) is 0 Å². The van der Waals surface area contributed by atoms with Gasteiger partial charge in [-0.25, -0.2) is 8.42 Å². The standard InChI is InChI=1S/C24H33N3O3S/c1-17-8-7-15-27(16-17)21-13-11-20(12-14-21)19(3)25-24(28)22-9-6-10-23(18(22)2)26(4)31(5,29)30/h6,9-14,17,19H,7-8,15-16H2,1-5H3,(H,25,28)/t17-,19+/m0/s1. The molecule has 6 nitrogen and oxygen atoms in total. The first kappa shape index (κ1) is 23.1. The fourth-order valence-corrected chi connectivity index (χ4v) is 4.70. The van der Waals surface area contributed by atoms with E-state index < -0.39 is 10.0 Å². The number of benzene rings is 2. The summed E-state index contributed by atoms with van der Waals surface area (Å²) in [5.41, 5.74) is 3.86. The molecule has 31 heavy (non-hydrogen) atoms. The Morgan fingerprint density at radius 2 is 1.87 bits per heavy atom. The Hall–Kier alpha value is -2.54. The predicted molar refractivity (Wildman–Crippen MR) is 127 cm³/mol. The lowest BCUT2D eigenvalue weighted by atomic mass is 9.99. The zero-order valence-electron chi connectivity index (χ0n) is 19.1. The van der Waals surface area contributed by atoms with Crippen molar-refractivity contribution in [2.75, 3.05) is 35.6 Å². The first-order valence-corrected chi connectivity index (χ1v) is 12.6. The number of sulfonamides is 1. The van der Waals surface area contributed by atoms with Gasteiger partial charge in [0.05, 0.1) is 18.0 Å². The molecule has 0 spiro atoms. The predicted octanol–water partition coefficient (Wildman–Crippen LogP) is 4.12. The number of nitrogens with zero attached hydrogens (tertiary/aromatic N) is 2. The topological polar surface area (TPSA) is 69.7 Å². The number of hydrogen-bond acceptors (Lipinski definition) is 4. The van der Waals surface area contributed by atoms with Gasteiger partial charge in [0.15, 0.2) is 0 Å². The maximum atomic E-state index is 12.9. The van der Waals surface area contributed by atoms with Crippen molar-refractivity contribution in [3.8, 4) is 0 Å². The van der Waals surface area contributed by atoms with Crippen LogP contribution in [0.2, 0.25) is 0 Å². The second kappa shape index (κ2) is 9.30. The minimum atomic E-state index is -3.41. The number of rotatable bonds is 6. The summed E-state index contributed by atoms with van der Waals surface area (Å²) in [7, 11) is -1.91. The van der Waals surface area contributed by atoms with Gasteiger partial charge >= 0.3 is 0 Å². The molecule has 7 heteroatoms. The van der Waals surface area contributed by atoms with Crippen molar-refractivity contribution in [2.45, 2.75) is 39.7 Å². The number of hydrogen-bond donors (Lipinski definition) is 1. The average molecular weight is 444 g/mol. The lowest BCUT2D eigenvalue weighted by Crippen LogP contribution is -2.34. The summed E-state index contributed by atoms with van der Waals surface area (Å²) >= 11 is 0. The highest BCUT2D eigenvalue weighted by molar-refractivity contribution is 7.92. The van der Waals surface area contributed by atoms with Gasteiger partial charge in [0, 0.05) is 31.4 Å². The maximum absolute atomic E-state index is 12.9. The molecule has 0 saturated carbocycles. The summed E-state index contributed by atoms with van der Waals surface area (Å²) in [4.78, 5) is 15.4. The maximum Gasteiger partial charge on any atom is 0.252 e. The van der Waals surface area contributed by atoms with Crippen molar-refractivity contribution < 1.29 is 13.2 Å². The van der Waals surface area contributed by atoms with E-state index in [9.17, 15) is 13.2 Å². The second-order valence-corrected chi connectivity index (χ2v) is 10.7. The Bertz CT molecular complexity index is 1030. The van der Waals surface area contributed by atoms with Crippen LogP contribution < -0.4 is 14.5 Å². The number of anilines is 2. The molecule has 0 radical (unpaired) electrons. The monoisotopic (exact) mass is 443 g/mol. The second-order valence-electron chi connectivity index (χ2n) is 8.66. The molecule has 168 valence electrons. The van der Waals surface area contributed by atoms with Crippen LogP contribution in [-0.2, 0) is 10.0 Å². The van der Waals surface area contributed by atoms with Crippen molar-refractivity contribution >= 4 is 27.3 Å². The quantitative estimate of drug-likeness (QED) is 0.729. The van der Waals surface area contributed by atoms with Crippen molar-refractivity contribution in [3.05, 3.63) is 59.2 Å². The van der Waals surface area contributed by atoms with Gasteiger partial charge in [-0.1, -0.05) is 25.1 Å². The van der Waals surface area contributed by atoms with Crippen LogP contribution >= 0.6 is 0 Å². The normalized spacial score (nSPS) is 17.8. The zero-order valence-corrected chi connectivity index (χ0v) is 19.9. The minimum absolute atomic E-state index is 0.169. The van der Waals surface area contributed by atoms with Crippen LogP contribution in [0.1, 0.15) is 54.2 Å². The number of nitrogens with one attached hydrogen (secondary N) is 1. The fourth-order valence-electron chi connectivity index (χ4n) is 4.14. The Morgan fingerprint density at radius 1 is 1.19 bits per heavy atom. The molecule has 1 heterocycles. The lowest BCUT2D eigenvalue weighted by molar-refractivity contribution is 0.0939. The van der Waals surface area contributed by atoms with Gasteiger partial charge in [-0.3, -0.25) is 9.10 Å². The third kappa shape index (κ3) is 5.39. The Kier molecular flexibility index (Phi) is 6.94. The number of piperidine rings is 1. The molecule has 1 saturated heterocycles. The number of carbonyl (C=O) groups is 1. The van der Waals surface area contributed by atoms with Crippen LogP contribution in [0.4, 0.5) is 11.4 Å². The van der Waals surface area contributed by atoms with Gasteiger partial charge in [-0.2, -0.15) is 0 Å². The van der Waals surface area contributed by atoms with E-state index in [4.69, 9.17) is 0 Å². The molecule has 1 amide bonds. The fraction of sp³-hybridized carbons (Fsp3) is 0.458. The third-order valence-corrected chi connectivity index (χ3v) is 7.34. The van der Waals surface area contributed by atoms with Gasteiger partial charge in [-0.05, 0) is 68.0 Å². The molecule has 1 N–H and O–H groups in total. The first-order valence-electron chi connectivity index (χ1n) is 10.8. The summed E-state index contributed by atoms with van der Waals surface area (Å²) < 4.78 is 25.0. The van der Waals surface area contributed by atoms with E-state index >= 15 is 0 Å². The molecular formula is C24H33N3O3S. The Morgan fingerprint density at radius 3 is 2.48 bits per heavy atom. The molecule has 1 aliphatic heterocycles. The molecule has 0 unspecified atom stereocenters. The van der Waals surface area contributed by atoms with E-state index in [1.807, 2.05) is 6.92 Å². The summed E-state index contributed by atoms with van der Waals surface area (Å²) in [6.45, 7) is 8.20. The van der Waals surface area contributed by atoms with Gasteiger partial charge in [0.25, 0.3) is 5.91 Å². The SMILES string of the molecule is Cc1c(C(=O)N[C@H](C)c2ccc(N3CCC[C@H](C)C3)cc2)cccc1N(C)S(C)(=O)=O. The third-order valence-electron chi connectivity index (χ3n) is 6.15. The average Bonchev–Trinajstić information content (AvgIpc) is 2.72. The molecule has 2 atom stereocenters. The van der Waals surface area contributed by atoms with Gasteiger partial charge in [-0.15, -0.1) is 0 Å². The molecule has 1 aliphatic rings. The molecule has 0 aliphatic carbocycles. The summed E-state index contributed by atoms with van der Waals surface area (Å²) in [5.74, 6) is 0.495. The van der Waals surface area contributed by atoms with Gasteiger partial charge in [0.2, 0.25) is 10.0 Å². The van der Waals surface area contributed by atoms with Crippen LogP contribution in [0.3, 0.4) is 0 Å². The van der Waals surface area contributed by atoms with E-state index in [2.05, 4.69) is 41.4 Å². The van der Waals surface area contributed by atoms with E-state index in [1.165, 1.54) is 29.9 Å². The smallest absolute Gasteiger partial charge is 0.252 e. The molecule has 1 fully saturated rings. The largest absolute Gasteiger partial charge is 0.371 e. The highest BCUT2D eigenvalue weighted by Gasteiger charge is 2.20. The number of amides is 1. The van der Waals surface area contributed by atoms with Crippen molar-refractivity contribution in [1.82, 2.24) is 5.32 Å². The minimum Gasteiger partial charge on any atom is -0.371 e. The van der Waals surface area contributed by atoms with Crippen LogP contribution in [0, 0.1) is 12.8 Å². The summed E-state index contributed by atoms with van der Waals surface area (Å²) in [6.07, 6.45) is 3.66.